The summed E-state index contributed by atoms with van der Waals surface area (Å²) in [5.74, 6) is -0.113. The first-order valence-electron chi connectivity index (χ1n) is 9.26. The molecule has 1 aromatic carbocycles. The predicted molar refractivity (Wildman–Crippen MR) is 103 cm³/mol. The molecular formula is C19H28N2O6S. The van der Waals surface area contributed by atoms with Crippen molar-refractivity contribution in [2.45, 2.75) is 31.6 Å². The molecule has 0 N–H and O–H groups in total. The van der Waals surface area contributed by atoms with Gasteiger partial charge in [-0.05, 0) is 50.5 Å². The maximum atomic E-state index is 12.8. The lowest BCUT2D eigenvalue weighted by molar-refractivity contribution is -0.151. The number of likely N-dealkylation sites (tertiary alicyclic amines) is 1. The molecule has 2 rings (SSSR count). The summed E-state index contributed by atoms with van der Waals surface area (Å²) >= 11 is 0. The largest absolute Gasteiger partial charge is 0.496 e. The molecule has 1 aromatic rings. The van der Waals surface area contributed by atoms with Crippen molar-refractivity contribution in [3.63, 3.8) is 0 Å². The second kappa shape index (κ2) is 9.38. The van der Waals surface area contributed by atoms with Gasteiger partial charge < -0.3 is 14.4 Å². The Bertz CT molecular complexity index is 816. The van der Waals surface area contributed by atoms with Gasteiger partial charge in [0.2, 0.25) is 15.9 Å². The number of rotatable bonds is 7. The van der Waals surface area contributed by atoms with Crippen LogP contribution < -0.4 is 4.74 Å². The Labute approximate surface area is 166 Å². The zero-order chi connectivity index (χ0) is 20.9. The summed E-state index contributed by atoms with van der Waals surface area (Å²) in [6.07, 6.45) is 1.05. The van der Waals surface area contributed by atoms with Crippen LogP contribution in [0.5, 0.6) is 5.75 Å². The van der Waals surface area contributed by atoms with E-state index in [9.17, 15) is 18.0 Å². The molecule has 0 unspecified atom stereocenters. The molecule has 1 aliphatic rings. The van der Waals surface area contributed by atoms with E-state index >= 15 is 0 Å². The minimum atomic E-state index is -3.80. The van der Waals surface area contributed by atoms with Crippen LogP contribution in [0.4, 0.5) is 0 Å². The third-order valence-corrected chi connectivity index (χ3v) is 6.70. The number of amides is 1. The SMILES string of the molecule is CCOC(=O)C1CCN(C(=O)CN(C)S(=O)(=O)c2ccc(OC)c(C)c2)CC1. The molecule has 1 fully saturated rings. The van der Waals surface area contributed by atoms with E-state index in [0.29, 0.717) is 43.9 Å². The molecule has 1 saturated heterocycles. The van der Waals surface area contributed by atoms with Crippen molar-refractivity contribution in [2.24, 2.45) is 5.92 Å². The second-order valence-corrected chi connectivity index (χ2v) is 8.84. The zero-order valence-electron chi connectivity index (χ0n) is 16.8. The van der Waals surface area contributed by atoms with E-state index in [1.807, 2.05) is 0 Å². The van der Waals surface area contributed by atoms with E-state index < -0.39 is 10.0 Å². The van der Waals surface area contributed by atoms with Crippen LogP contribution in [0.15, 0.2) is 23.1 Å². The molecule has 156 valence electrons. The zero-order valence-corrected chi connectivity index (χ0v) is 17.6. The predicted octanol–water partition coefficient (Wildman–Crippen LogP) is 1.43. The van der Waals surface area contributed by atoms with Crippen molar-refractivity contribution in [1.29, 1.82) is 0 Å². The fraction of sp³-hybridized carbons (Fsp3) is 0.579. The summed E-state index contributed by atoms with van der Waals surface area (Å²) < 4.78 is 36.8. The first kappa shape index (κ1) is 22.2. The molecule has 0 radical (unpaired) electrons. The quantitative estimate of drug-likeness (QED) is 0.629. The Morgan fingerprint density at radius 1 is 1.25 bits per heavy atom. The number of carbonyl (C=O) groups excluding carboxylic acids is 2. The lowest BCUT2D eigenvalue weighted by Gasteiger charge is -2.32. The standard InChI is InChI=1S/C19H28N2O6S/c1-5-27-19(23)15-8-10-21(11-9-15)18(22)13-20(3)28(24,25)16-6-7-17(26-4)14(2)12-16/h6-7,12,15H,5,8-11,13H2,1-4H3. The van der Waals surface area contributed by atoms with Gasteiger partial charge in [0.05, 0.1) is 31.1 Å². The summed E-state index contributed by atoms with van der Waals surface area (Å²) in [7, 11) is -0.888. The highest BCUT2D eigenvalue weighted by Gasteiger charge is 2.30. The summed E-state index contributed by atoms with van der Waals surface area (Å²) in [4.78, 5) is 26.0. The van der Waals surface area contributed by atoms with E-state index in [4.69, 9.17) is 9.47 Å². The molecule has 0 saturated carbocycles. The smallest absolute Gasteiger partial charge is 0.309 e. The fourth-order valence-electron chi connectivity index (χ4n) is 3.19. The fourth-order valence-corrected chi connectivity index (χ4v) is 4.40. The summed E-state index contributed by atoms with van der Waals surface area (Å²) in [5.41, 5.74) is 0.698. The number of aryl methyl sites for hydroxylation is 1. The highest BCUT2D eigenvalue weighted by molar-refractivity contribution is 7.89. The Morgan fingerprint density at radius 2 is 1.89 bits per heavy atom. The molecule has 9 heteroatoms. The van der Waals surface area contributed by atoms with Crippen molar-refractivity contribution in [2.75, 3.05) is 40.4 Å². The van der Waals surface area contributed by atoms with E-state index in [-0.39, 0.29) is 29.2 Å². The molecule has 0 spiro atoms. The van der Waals surface area contributed by atoms with Gasteiger partial charge in [0.1, 0.15) is 5.75 Å². The third-order valence-electron chi connectivity index (χ3n) is 4.90. The number of likely N-dealkylation sites (N-methyl/N-ethyl adjacent to an activating group) is 1. The highest BCUT2D eigenvalue weighted by Crippen LogP contribution is 2.24. The number of ether oxygens (including phenoxy) is 2. The maximum absolute atomic E-state index is 12.8. The Balaban J connectivity index is 1.98. The molecule has 28 heavy (non-hydrogen) atoms. The van der Waals surface area contributed by atoms with Crippen LogP contribution in [0.1, 0.15) is 25.3 Å². The van der Waals surface area contributed by atoms with Gasteiger partial charge in [-0.1, -0.05) is 0 Å². The van der Waals surface area contributed by atoms with Gasteiger partial charge in [-0.2, -0.15) is 4.31 Å². The number of hydrogen-bond donors (Lipinski definition) is 0. The van der Waals surface area contributed by atoms with Gasteiger partial charge in [0.25, 0.3) is 0 Å². The monoisotopic (exact) mass is 412 g/mol. The first-order valence-corrected chi connectivity index (χ1v) is 10.7. The van der Waals surface area contributed by atoms with Gasteiger partial charge in [-0.3, -0.25) is 9.59 Å². The van der Waals surface area contributed by atoms with E-state index in [2.05, 4.69) is 0 Å². The number of carbonyl (C=O) groups is 2. The number of benzene rings is 1. The first-order chi connectivity index (χ1) is 13.2. The Morgan fingerprint density at radius 3 is 2.43 bits per heavy atom. The second-order valence-electron chi connectivity index (χ2n) is 6.80. The number of piperidine rings is 1. The van der Waals surface area contributed by atoms with Crippen molar-refractivity contribution in [3.05, 3.63) is 23.8 Å². The van der Waals surface area contributed by atoms with Crippen molar-refractivity contribution >= 4 is 21.9 Å². The van der Waals surface area contributed by atoms with Gasteiger partial charge in [-0.15, -0.1) is 0 Å². The van der Waals surface area contributed by atoms with Crippen LogP contribution in [-0.4, -0.2) is 69.9 Å². The van der Waals surface area contributed by atoms with E-state index in [1.165, 1.54) is 26.3 Å². The minimum Gasteiger partial charge on any atom is -0.496 e. The number of methoxy groups -OCH3 is 1. The molecule has 1 heterocycles. The van der Waals surface area contributed by atoms with Crippen LogP contribution in [0.3, 0.4) is 0 Å². The maximum Gasteiger partial charge on any atom is 0.309 e. The average molecular weight is 413 g/mol. The number of esters is 1. The summed E-state index contributed by atoms with van der Waals surface area (Å²) in [6.45, 7) is 4.44. The molecule has 0 aromatic heterocycles. The lowest BCUT2D eigenvalue weighted by Crippen LogP contribution is -2.45. The average Bonchev–Trinajstić information content (AvgIpc) is 2.68. The molecule has 0 atom stereocenters. The number of hydrogen-bond acceptors (Lipinski definition) is 6. The topological polar surface area (TPSA) is 93.2 Å². The van der Waals surface area contributed by atoms with E-state index in [1.54, 1.807) is 24.8 Å². The van der Waals surface area contributed by atoms with Crippen LogP contribution in [0.2, 0.25) is 0 Å². The lowest BCUT2D eigenvalue weighted by atomic mass is 9.97. The molecule has 0 bridgehead atoms. The molecule has 1 aliphatic heterocycles. The molecule has 1 amide bonds. The van der Waals surface area contributed by atoms with Gasteiger partial charge in [0, 0.05) is 20.1 Å². The summed E-state index contributed by atoms with van der Waals surface area (Å²) in [5, 5.41) is 0. The van der Waals surface area contributed by atoms with Crippen molar-refractivity contribution in [1.82, 2.24) is 9.21 Å². The highest BCUT2D eigenvalue weighted by atomic mass is 32.2. The van der Waals surface area contributed by atoms with Crippen molar-refractivity contribution in [3.8, 4) is 5.75 Å². The van der Waals surface area contributed by atoms with Gasteiger partial charge >= 0.3 is 5.97 Å². The Hall–Kier alpha value is -2.13. The number of nitrogens with zero attached hydrogens (tertiary/aromatic N) is 2. The molecule has 8 nitrogen and oxygen atoms in total. The summed E-state index contributed by atoms with van der Waals surface area (Å²) in [6, 6.07) is 4.59. The molecule has 0 aliphatic carbocycles. The number of sulfonamides is 1. The van der Waals surface area contributed by atoms with Gasteiger partial charge in [-0.25, -0.2) is 8.42 Å². The minimum absolute atomic E-state index is 0.113. The van der Waals surface area contributed by atoms with Crippen LogP contribution in [-0.2, 0) is 24.3 Å². The van der Waals surface area contributed by atoms with Crippen LogP contribution in [0, 0.1) is 12.8 Å². The normalized spacial score (nSPS) is 15.5. The van der Waals surface area contributed by atoms with Crippen molar-refractivity contribution < 1.29 is 27.5 Å². The van der Waals surface area contributed by atoms with Crippen LogP contribution in [0.25, 0.3) is 0 Å². The van der Waals surface area contributed by atoms with E-state index in [0.717, 1.165) is 4.31 Å². The molecular weight excluding hydrogens is 384 g/mol. The Kier molecular flexibility index (Phi) is 7.42. The third kappa shape index (κ3) is 5.02. The van der Waals surface area contributed by atoms with Crippen LogP contribution >= 0.6 is 0 Å². The van der Waals surface area contributed by atoms with Gasteiger partial charge in [0.15, 0.2) is 0 Å².